The van der Waals surface area contributed by atoms with Crippen LogP contribution in [0.4, 0.5) is 0 Å². The van der Waals surface area contributed by atoms with Crippen LogP contribution in [0.25, 0.3) is 10.9 Å². The molecule has 5 rings (SSSR count). The highest BCUT2D eigenvalue weighted by Crippen LogP contribution is 2.41. The Morgan fingerprint density at radius 1 is 1.07 bits per heavy atom. The first-order valence-electron chi connectivity index (χ1n) is 9.90. The third kappa shape index (κ3) is 3.53. The van der Waals surface area contributed by atoms with Gasteiger partial charge in [-0.05, 0) is 43.2 Å². The summed E-state index contributed by atoms with van der Waals surface area (Å²) >= 11 is 1.79. The predicted octanol–water partition coefficient (Wildman–Crippen LogP) is 4.14. The van der Waals surface area contributed by atoms with Crippen molar-refractivity contribution in [1.82, 2.24) is 9.29 Å². The van der Waals surface area contributed by atoms with Crippen molar-refractivity contribution in [2.45, 2.75) is 23.5 Å². The Balaban J connectivity index is 1.41. The van der Waals surface area contributed by atoms with Gasteiger partial charge < -0.3 is 9.47 Å². The van der Waals surface area contributed by atoms with Gasteiger partial charge in [-0.3, -0.25) is 4.98 Å². The minimum Gasteiger partial charge on any atom is -0.454 e. The summed E-state index contributed by atoms with van der Waals surface area (Å²) in [6.07, 6.45) is 0.737. The topological polar surface area (TPSA) is 68.7 Å². The number of nitrogens with zero attached hydrogens (tertiary/aromatic N) is 2. The molecule has 0 saturated carbocycles. The Bertz CT molecular complexity index is 1210. The zero-order valence-electron chi connectivity index (χ0n) is 16.6. The average Bonchev–Trinajstić information content (AvgIpc) is 3.07. The highest BCUT2D eigenvalue weighted by molar-refractivity contribution is 7.99. The van der Waals surface area contributed by atoms with Gasteiger partial charge in [-0.15, -0.1) is 0 Å². The molecule has 1 aromatic heterocycles. The fraction of sp³-hybridized carbons (Fsp3) is 0.318. The van der Waals surface area contributed by atoms with Crippen LogP contribution in [0.1, 0.15) is 22.9 Å². The van der Waals surface area contributed by atoms with Crippen LogP contribution >= 0.6 is 11.8 Å². The van der Waals surface area contributed by atoms with Crippen molar-refractivity contribution in [3.8, 4) is 11.5 Å². The Morgan fingerprint density at radius 2 is 1.93 bits per heavy atom. The number of thioether (sulfide) groups is 1. The van der Waals surface area contributed by atoms with Crippen LogP contribution in [0.3, 0.4) is 0 Å². The summed E-state index contributed by atoms with van der Waals surface area (Å²) in [5.74, 6) is 2.26. The van der Waals surface area contributed by atoms with Crippen molar-refractivity contribution in [3.05, 3.63) is 59.8 Å². The zero-order valence-corrected chi connectivity index (χ0v) is 18.2. The van der Waals surface area contributed by atoms with Gasteiger partial charge in [-0.2, -0.15) is 16.1 Å². The maximum Gasteiger partial charge on any atom is 0.245 e. The monoisotopic (exact) mass is 442 g/mol. The first-order valence-corrected chi connectivity index (χ1v) is 12.4. The van der Waals surface area contributed by atoms with E-state index in [1.54, 1.807) is 28.2 Å². The maximum atomic E-state index is 13.5. The summed E-state index contributed by atoms with van der Waals surface area (Å²) in [6, 6.07) is 15.2. The second kappa shape index (κ2) is 7.76. The molecule has 1 fully saturated rings. The number of para-hydroxylation sites is 1. The molecule has 0 aliphatic carbocycles. The third-order valence-electron chi connectivity index (χ3n) is 5.51. The molecule has 2 aromatic carbocycles. The highest BCUT2D eigenvalue weighted by Gasteiger charge is 2.30. The maximum absolute atomic E-state index is 13.5. The van der Waals surface area contributed by atoms with Crippen LogP contribution in [0, 0.1) is 6.92 Å². The largest absolute Gasteiger partial charge is 0.454 e. The third-order valence-corrected chi connectivity index (χ3v) is 8.77. The molecule has 3 heterocycles. The molecular weight excluding hydrogens is 420 g/mol. The van der Waals surface area contributed by atoms with Crippen molar-refractivity contribution >= 4 is 32.7 Å². The van der Waals surface area contributed by atoms with Gasteiger partial charge in [-0.25, -0.2) is 8.42 Å². The lowest BCUT2D eigenvalue weighted by molar-refractivity contribution is 0.174. The van der Waals surface area contributed by atoms with Gasteiger partial charge in [-0.1, -0.05) is 24.3 Å². The molecule has 1 saturated heterocycles. The quantitative estimate of drug-likeness (QED) is 0.607. The number of hydrogen-bond acceptors (Lipinski definition) is 6. The Hall–Kier alpha value is -2.29. The summed E-state index contributed by atoms with van der Waals surface area (Å²) in [5.41, 5.74) is 2.49. The summed E-state index contributed by atoms with van der Waals surface area (Å²) in [5, 5.41) is 1.05. The molecule has 0 amide bonds. The SMILES string of the molecule is Cc1ccc2cccc(S(=O)(=O)N3CCSC(c4ccc5c(c4)OCO5)CC3)c2n1. The fourth-order valence-electron chi connectivity index (χ4n) is 3.93. The molecule has 3 aromatic rings. The number of benzene rings is 2. The Morgan fingerprint density at radius 3 is 2.83 bits per heavy atom. The first-order chi connectivity index (χ1) is 14.5. The van der Waals surface area contributed by atoms with E-state index in [2.05, 4.69) is 4.98 Å². The van der Waals surface area contributed by atoms with E-state index in [1.807, 2.05) is 43.3 Å². The minimum absolute atomic E-state index is 0.215. The molecule has 0 spiro atoms. The van der Waals surface area contributed by atoms with Crippen LogP contribution in [0.5, 0.6) is 11.5 Å². The Labute approximate surface area is 180 Å². The van der Waals surface area contributed by atoms with Gasteiger partial charge in [0.05, 0.1) is 5.52 Å². The van der Waals surface area contributed by atoms with Crippen molar-refractivity contribution < 1.29 is 17.9 Å². The van der Waals surface area contributed by atoms with E-state index in [0.29, 0.717) is 18.6 Å². The number of rotatable bonds is 3. The van der Waals surface area contributed by atoms with Gasteiger partial charge in [0.2, 0.25) is 16.8 Å². The number of hydrogen-bond donors (Lipinski definition) is 0. The van der Waals surface area contributed by atoms with Gasteiger partial charge in [0.1, 0.15) is 4.90 Å². The van der Waals surface area contributed by atoms with E-state index in [4.69, 9.17) is 9.47 Å². The molecule has 0 radical (unpaired) electrons. The summed E-state index contributed by atoms with van der Waals surface area (Å²) in [7, 11) is -3.63. The smallest absolute Gasteiger partial charge is 0.245 e. The molecule has 2 aliphatic heterocycles. The van der Waals surface area contributed by atoms with E-state index in [0.717, 1.165) is 40.3 Å². The molecular formula is C22H22N2O4S2. The van der Waals surface area contributed by atoms with Crippen LogP contribution in [-0.4, -0.2) is 43.3 Å². The average molecular weight is 443 g/mol. The first kappa shape index (κ1) is 19.7. The van der Waals surface area contributed by atoms with Crippen molar-refractivity contribution in [1.29, 1.82) is 0 Å². The number of pyridine rings is 1. The second-order valence-electron chi connectivity index (χ2n) is 7.45. The van der Waals surface area contributed by atoms with Gasteiger partial charge >= 0.3 is 0 Å². The lowest BCUT2D eigenvalue weighted by atomic mass is 10.1. The summed E-state index contributed by atoms with van der Waals surface area (Å²) in [4.78, 5) is 4.81. The minimum atomic E-state index is -3.63. The normalized spacial score (nSPS) is 19.7. The van der Waals surface area contributed by atoms with E-state index in [-0.39, 0.29) is 16.9 Å². The number of sulfonamides is 1. The lowest BCUT2D eigenvalue weighted by Gasteiger charge is -2.21. The molecule has 6 nitrogen and oxygen atoms in total. The van der Waals surface area contributed by atoms with Gasteiger partial charge in [0.15, 0.2) is 11.5 Å². The number of fused-ring (bicyclic) bond motifs is 2. The molecule has 0 bridgehead atoms. The summed E-state index contributed by atoms with van der Waals surface area (Å²) in [6.45, 7) is 3.08. The van der Waals surface area contributed by atoms with Crippen LogP contribution in [0.15, 0.2) is 53.4 Å². The highest BCUT2D eigenvalue weighted by atomic mass is 32.2. The van der Waals surface area contributed by atoms with E-state index < -0.39 is 10.0 Å². The molecule has 1 atom stereocenters. The van der Waals surface area contributed by atoms with E-state index in [9.17, 15) is 8.42 Å². The number of aryl methyl sites for hydroxylation is 1. The lowest BCUT2D eigenvalue weighted by Crippen LogP contribution is -2.33. The molecule has 1 unspecified atom stereocenters. The van der Waals surface area contributed by atoms with Crippen molar-refractivity contribution in [3.63, 3.8) is 0 Å². The molecule has 156 valence electrons. The molecule has 30 heavy (non-hydrogen) atoms. The van der Waals surface area contributed by atoms with Crippen molar-refractivity contribution in [2.24, 2.45) is 0 Å². The van der Waals surface area contributed by atoms with E-state index >= 15 is 0 Å². The predicted molar refractivity (Wildman–Crippen MR) is 118 cm³/mol. The number of ether oxygens (including phenoxy) is 2. The zero-order chi connectivity index (χ0) is 20.7. The standard InChI is InChI=1S/C22H22N2O4S2/c1-15-5-6-16-3-2-4-21(22(16)23-15)30(25,26)24-10-9-20(29-12-11-24)17-7-8-18-19(13-17)28-14-27-18/h2-8,13,20H,9-12,14H2,1H3. The van der Waals surface area contributed by atoms with Crippen molar-refractivity contribution in [2.75, 3.05) is 25.6 Å². The molecule has 8 heteroatoms. The van der Waals surface area contributed by atoms with Crippen LogP contribution in [0.2, 0.25) is 0 Å². The Kier molecular flexibility index (Phi) is 5.08. The second-order valence-corrected chi connectivity index (χ2v) is 10.7. The van der Waals surface area contributed by atoms with Gasteiger partial charge in [0.25, 0.3) is 0 Å². The fourth-order valence-corrected chi connectivity index (χ4v) is 6.89. The van der Waals surface area contributed by atoms with E-state index in [1.165, 1.54) is 0 Å². The molecule has 2 aliphatic rings. The van der Waals surface area contributed by atoms with Gasteiger partial charge in [0, 0.05) is 35.2 Å². The van der Waals surface area contributed by atoms with Crippen LogP contribution < -0.4 is 9.47 Å². The molecule has 0 N–H and O–H groups in total. The number of aromatic nitrogens is 1. The van der Waals surface area contributed by atoms with Crippen LogP contribution in [-0.2, 0) is 10.0 Å². The summed E-state index contributed by atoms with van der Waals surface area (Å²) < 4.78 is 39.5.